The van der Waals surface area contributed by atoms with Crippen LogP contribution in [0.2, 0.25) is 5.02 Å². The standard InChI is InChI=1S/C15H9BrClFO2/c16-13-9-11(17)4-7-14(13)20-15(19)8-3-10-1-5-12(18)6-2-10/h1-9H/b8-3+. The van der Waals surface area contributed by atoms with E-state index in [4.69, 9.17) is 16.3 Å². The Bertz CT molecular complexity index is 653. The molecular weight excluding hydrogens is 347 g/mol. The number of hydrogen-bond donors (Lipinski definition) is 0. The van der Waals surface area contributed by atoms with Gasteiger partial charge in [-0.15, -0.1) is 0 Å². The molecule has 0 heterocycles. The number of halogens is 3. The molecule has 2 rings (SSSR count). The zero-order valence-corrected chi connectivity index (χ0v) is 12.5. The molecular formula is C15H9BrClFO2. The van der Waals surface area contributed by atoms with Crippen LogP contribution < -0.4 is 4.74 Å². The molecule has 0 saturated heterocycles. The van der Waals surface area contributed by atoms with E-state index in [2.05, 4.69) is 15.9 Å². The third kappa shape index (κ3) is 4.18. The lowest BCUT2D eigenvalue weighted by atomic mass is 10.2. The van der Waals surface area contributed by atoms with Crippen LogP contribution in [0.25, 0.3) is 6.08 Å². The summed E-state index contributed by atoms with van der Waals surface area (Å²) < 4.78 is 18.4. The monoisotopic (exact) mass is 354 g/mol. The molecule has 2 aromatic carbocycles. The van der Waals surface area contributed by atoms with Crippen molar-refractivity contribution in [3.05, 3.63) is 69.4 Å². The van der Waals surface area contributed by atoms with Gasteiger partial charge in [0.15, 0.2) is 0 Å². The largest absolute Gasteiger partial charge is 0.422 e. The first kappa shape index (κ1) is 14.8. The van der Waals surface area contributed by atoms with E-state index in [9.17, 15) is 9.18 Å². The minimum absolute atomic E-state index is 0.324. The number of carbonyl (C=O) groups excluding carboxylic acids is 1. The van der Waals surface area contributed by atoms with Crippen molar-refractivity contribution in [1.82, 2.24) is 0 Å². The van der Waals surface area contributed by atoms with E-state index < -0.39 is 5.97 Å². The molecule has 5 heteroatoms. The van der Waals surface area contributed by atoms with Crippen LogP contribution in [-0.4, -0.2) is 5.97 Å². The summed E-state index contributed by atoms with van der Waals surface area (Å²) in [6, 6.07) is 10.6. The molecule has 102 valence electrons. The Labute approximate surface area is 129 Å². The number of ether oxygens (including phenoxy) is 1. The molecule has 0 spiro atoms. The molecule has 0 aromatic heterocycles. The van der Waals surface area contributed by atoms with Crippen LogP contribution in [-0.2, 0) is 4.79 Å². The molecule has 0 radical (unpaired) electrons. The summed E-state index contributed by atoms with van der Waals surface area (Å²) in [6.45, 7) is 0. The molecule has 0 aliphatic rings. The third-order valence-corrected chi connectivity index (χ3v) is 3.24. The quantitative estimate of drug-likeness (QED) is 0.446. The second-order valence-electron chi connectivity index (χ2n) is 3.88. The smallest absolute Gasteiger partial charge is 0.336 e. The van der Waals surface area contributed by atoms with E-state index in [0.29, 0.717) is 20.8 Å². The van der Waals surface area contributed by atoms with Gasteiger partial charge >= 0.3 is 5.97 Å². The zero-order valence-electron chi connectivity index (χ0n) is 10.1. The molecule has 2 aromatic rings. The van der Waals surface area contributed by atoms with Gasteiger partial charge in [0.25, 0.3) is 0 Å². The summed E-state index contributed by atoms with van der Waals surface area (Å²) in [6.07, 6.45) is 2.82. The average Bonchev–Trinajstić information content (AvgIpc) is 2.41. The van der Waals surface area contributed by atoms with Crippen LogP contribution >= 0.6 is 27.5 Å². The summed E-state index contributed by atoms with van der Waals surface area (Å²) in [5, 5.41) is 0.540. The molecule has 0 amide bonds. The van der Waals surface area contributed by atoms with Crippen molar-refractivity contribution in [2.45, 2.75) is 0 Å². The highest BCUT2D eigenvalue weighted by atomic mass is 79.9. The van der Waals surface area contributed by atoms with Gasteiger partial charge in [-0.05, 0) is 57.9 Å². The minimum atomic E-state index is -0.530. The predicted molar refractivity (Wildman–Crippen MR) is 80.2 cm³/mol. The van der Waals surface area contributed by atoms with E-state index in [-0.39, 0.29) is 5.82 Å². The molecule has 0 unspecified atom stereocenters. The van der Waals surface area contributed by atoms with Crippen LogP contribution in [0.3, 0.4) is 0 Å². The lowest BCUT2D eigenvalue weighted by molar-refractivity contribution is -0.128. The van der Waals surface area contributed by atoms with Crippen LogP contribution in [0.1, 0.15) is 5.56 Å². The zero-order chi connectivity index (χ0) is 14.5. The summed E-state index contributed by atoms with van der Waals surface area (Å²) in [5.41, 5.74) is 0.707. The van der Waals surface area contributed by atoms with E-state index in [1.165, 1.54) is 18.2 Å². The Kier molecular flexibility index (Phi) is 4.93. The first-order valence-electron chi connectivity index (χ1n) is 5.65. The molecule has 2 nitrogen and oxygen atoms in total. The molecule has 0 aliphatic heterocycles. The maximum absolute atomic E-state index is 12.7. The van der Waals surface area contributed by atoms with Gasteiger partial charge in [-0.3, -0.25) is 0 Å². The van der Waals surface area contributed by atoms with Crippen LogP contribution in [0.15, 0.2) is 53.0 Å². The number of benzene rings is 2. The van der Waals surface area contributed by atoms with Crippen LogP contribution in [0.5, 0.6) is 5.75 Å². The predicted octanol–water partition coefficient (Wildman–Crippen LogP) is 4.86. The Hall–Kier alpha value is -1.65. The van der Waals surface area contributed by atoms with E-state index in [0.717, 1.165) is 0 Å². The second kappa shape index (κ2) is 6.68. The van der Waals surface area contributed by atoms with Crippen LogP contribution in [0.4, 0.5) is 4.39 Å². The Morgan fingerprint density at radius 2 is 1.90 bits per heavy atom. The van der Waals surface area contributed by atoms with Crippen molar-refractivity contribution in [2.24, 2.45) is 0 Å². The van der Waals surface area contributed by atoms with Gasteiger partial charge in [0.1, 0.15) is 11.6 Å². The summed E-state index contributed by atoms with van der Waals surface area (Å²) in [7, 11) is 0. The SMILES string of the molecule is O=C(/C=C/c1ccc(F)cc1)Oc1ccc(Cl)cc1Br. The van der Waals surface area contributed by atoms with Gasteiger partial charge < -0.3 is 4.74 Å². The Morgan fingerprint density at radius 3 is 2.55 bits per heavy atom. The highest BCUT2D eigenvalue weighted by molar-refractivity contribution is 9.10. The highest BCUT2D eigenvalue weighted by Gasteiger charge is 2.05. The molecule has 0 fully saturated rings. The van der Waals surface area contributed by atoms with Gasteiger partial charge in [0.2, 0.25) is 0 Å². The number of esters is 1. The fourth-order valence-electron chi connectivity index (χ4n) is 1.44. The van der Waals surface area contributed by atoms with Crippen LogP contribution in [0, 0.1) is 5.82 Å². The summed E-state index contributed by atoms with van der Waals surface area (Å²) in [5.74, 6) is -0.477. The van der Waals surface area contributed by atoms with Gasteiger partial charge in [0, 0.05) is 11.1 Å². The van der Waals surface area contributed by atoms with Crippen molar-refractivity contribution in [3.8, 4) is 5.75 Å². The summed E-state index contributed by atoms with van der Waals surface area (Å²) >= 11 is 9.04. The Balaban J connectivity index is 2.03. The van der Waals surface area contributed by atoms with E-state index in [1.807, 2.05) is 0 Å². The van der Waals surface area contributed by atoms with Crippen molar-refractivity contribution in [2.75, 3.05) is 0 Å². The van der Waals surface area contributed by atoms with Crippen molar-refractivity contribution in [3.63, 3.8) is 0 Å². The third-order valence-electron chi connectivity index (χ3n) is 2.39. The molecule has 0 bridgehead atoms. The molecule has 0 N–H and O–H groups in total. The summed E-state index contributed by atoms with van der Waals surface area (Å²) in [4.78, 5) is 11.7. The van der Waals surface area contributed by atoms with Crippen molar-refractivity contribution in [1.29, 1.82) is 0 Å². The maximum Gasteiger partial charge on any atom is 0.336 e. The van der Waals surface area contributed by atoms with E-state index >= 15 is 0 Å². The molecule has 20 heavy (non-hydrogen) atoms. The number of rotatable bonds is 3. The van der Waals surface area contributed by atoms with E-state index in [1.54, 1.807) is 36.4 Å². The van der Waals surface area contributed by atoms with Gasteiger partial charge in [-0.1, -0.05) is 23.7 Å². The fourth-order valence-corrected chi connectivity index (χ4v) is 2.20. The van der Waals surface area contributed by atoms with Gasteiger partial charge in [0.05, 0.1) is 4.47 Å². The van der Waals surface area contributed by atoms with Gasteiger partial charge in [-0.2, -0.15) is 0 Å². The molecule has 0 atom stereocenters. The normalized spacial score (nSPS) is 10.8. The number of hydrogen-bond acceptors (Lipinski definition) is 2. The first-order valence-corrected chi connectivity index (χ1v) is 6.82. The highest BCUT2D eigenvalue weighted by Crippen LogP contribution is 2.28. The average molecular weight is 356 g/mol. The van der Waals surface area contributed by atoms with Crippen molar-refractivity contribution < 1.29 is 13.9 Å². The molecule has 0 saturated carbocycles. The minimum Gasteiger partial charge on any atom is -0.422 e. The molecule has 0 aliphatic carbocycles. The lowest BCUT2D eigenvalue weighted by Crippen LogP contribution is -2.04. The van der Waals surface area contributed by atoms with Crippen molar-refractivity contribution >= 4 is 39.6 Å². The lowest BCUT2D eigenvalue weighted by Gasteiger charge is -2.04. The second-order valence-corrected chi connectivity index (χ2v) is 5.17. The number of carbonyl (C=O) groups is 1. The van der Waals surface area contributed by atoms with Gasteiger partial charge in [-0.25, -0.2) is 9.18 Å². The first-order chi connectivity index (χ1) is 9.54. The Morgan fingerprint density at radius 1 is 1.20 bits per heavy atom. The topological polar surface area (TPSA) is 26.3 Å². The maximum atomic E-state index is 12.7. The fraction of sp³-hybridized carbons (Fsp3) is 0.